The van der Waals surface area contributed by atoms with Crippen LogP contribution >= 0.6 is 11.6 Å². The summed E-state index contributed by atoms with van der Waals surface area (Å²) in [6.07, 6.45) is 1.74. The predicted octanol–water partition coefficient (Wildman–Crippen LogP) is 4.32. The van der Waals surface area contributed by atoms with Gasteiger partial charge in [-0.15, -0.1) is 0 Å². The van der Waals surface area contributed by atoms with E-state index in [1.54, 1.807) is 19.1 Å². The Labute approximate surface area is 167 Å². The smallest absolute Gasteiger partial charge is 0.363 e. The normalized spacial score (nSPS) is 14.6. The average Bonchev–Trinajstić information content (AvgIpc) is 3.03. The van der Waals surface area contributed by atoms with Gasteiger partial charge in [-0.05, 0) is 42.3 Å². The van der Waals surface area contributed by atoms with Gasteiger partial charge >= 0.3 is 11.9 Å². The second-order valence-corrected chi connectivity index (χ2v) is 6.42. The third-order valence-electron chi connectivity index (χ3n) is 4.06. The lowest BCUT2D eigenvalue weighted by atomic mass is 10.1. The largest absolute Gasteiger partial charge is 0.493 e. The maximum Gasteiger partial charge on any atom is 0.363 e. The van der Waals surface area contributed by atoms with Crippen LogP contribution in [-0.2, 0) is 14.3 Å². The van der Waals surface area contributed by atoms with Crippen molar-refractivity contribution in [2.75, 3.05) is 7.11 Å². The highest BCUT2D eigenvalue weighted by atomic mass is 35.5. The Balaban J connectivity index is 1.97. The molecule has 144 valence electrons. The summed E-state index contributed by atoms with van der Waals surface area (Å²) < 4.78 is 15.8. The number of benzene rings is 2. The molecule has 0 atom stereocenters. The van der Waals surface area contributed by atoms with Crippen LogP contribution in [0, 0.1) is 6.92 Å². The van der Waals surface area contributed by atoms with Crippen LogP contribution in [0.15, 0.2) is 47.1 Å². The molecule has 0 fully saturated rings. The van der Waals surface area contributed by atoms with Crippen molar-refractivity contribution in [1.82, 2.24) is 0 Å². The molecule has 0 bridgehead atoms. The predicted molar refractivity (Wildman–Crippen MR) is 106 cm³/mol. The standard InChI is InChI=1S/C21H18ClNO5/c1-4-18(24)27-19-15(22)9-13(11-17(19)26-3)10-16-21(25)28-20(23-16)14-8-6-5-7-12(14)2/h5-11H,4H2,1-3H3. The Morgan fingerprint density at radius 1 is 1.29 bits per heavy atom. The number of ether oxygens (including phenoxy) is 3. The monoisotopic (exact) mass is 399 g/mol. The van der Waals surface area contributed by atoms with E-state index in [1.807, 2.05) is 31.2 Å². The molecule has 6 nitrogen and oxygen atoms in total. The number of hydrogen-bond donors (Lipinski definition) is 0. The number of methoxy groups -OCH3 is 1. The Morgan fingerprint density at radius 3 is 2.71 bits per heavy atom. The molecule has 0 saturated carbocycles. The van der Waals surface area contributed by atoms with E-state index < -0.39 is 11.9 Å². The van der Waals surface area contributed by atoms with Crippen molar-refractivity contribution in [3.8, 4) is 11.5 Å². The van der Waals surface area contributed by atoms with E-state index in [0.29, 0.717) is 5.56 Å². The van der Waals surface area contributed by atoms with E-state index in [4.69, 9.17) is 25.8 Å². The van der Waals surface area contributed by atoms with Gasteiger partial charge in [0, 0.05) is 12.0 Å². The molecule has 0 spiro atoms. The topological polar surface area (TPSA) is 74.2 Å². The van der Waals surface area contributed by atoms with E-state index in [9.17, 15) is 9.59 Å². The molecule has 28 heavy (non-hydrogen) atoms. The van der Waals surface area contributed by atoms with Crippen LogP contribution in [0.2, 0.25) is 5.02 Å². The number of carbonyl (C=O) groups is 2. The fourth-order valence-electron chi connectivity index (χ4n) is 2.60. The van der Waals surface area contributed by atoms with Crippen LogP contribution in [-0.4, -0.2) is 24.9 Å². The minimum atomic E-state index is -0.560. The molecule has 0 aromatic heterocycles. The maximum absolute atomic E-state index is 12.2. The van der Waals surface area contributed by atoms with Crippen molar-refractivity contribution >= 4 is 35.5 Å². The number of nitrogens with zero attached hydrogens (tertiary/aromatic N) is 1. The number of halogens is 1. The Hall–Kier alpha value is -3.12. The highest BCUT2D eigenvalue weighted by Gasteiger charge is 2.25. The fraction of sp³-hybridized carbons (Fsp3) is 0.190. The van der Waals surface area contributed by atoms with Crippen LogP contribution in [0.3, 0.4) is 0 Å². The molecule has 0 radical (unpaired) electrons. The Bertz CT molecular complexity index is 1010. The van der Waals surface area contributed by atoms with Gasteiger partial charge in [-0.1, -0.05) is 36.7 Å². The molecule has 1 aliphatic rings. The van der Waals surface area contributed by atoms with Crippen molar-refractivity contribution in [1.29, 1.82) is 0 Å². The summed E-state index contributed by atoms with van der Waals surface area (Å²) in [6.45, 7) is 3.59. The van der Waals surface area contributed by atoms with Gasteiger partial charge in [0.2, 0.25) is 5.90 Å². The van der Waals surface area contributed by atoms with E-state index in [0.717, 1.165) is 11.1 Å². The summed E-state index contributed by atoms with van der Waals surface area (Å²) in [6, 6.07) is 10.7. The summed E-state index contributed by atoms with van der Waals surface area (Å²) >= 11 is 6.24. The average molecular weight is 400 g/mol. The Kier molecular flexibility index (Phi) is 5.80. The number of aliphatic imine (C=N–C) groups is 1. The molecular weight excluding hydrogens is 382 g/mol. The van der Waals surface area contributed by atoms with Crippen LogP contribution in [0.25, 0.3) is 6.08 Å². The zero-order chi connectivity index (χ0) is 20.3. The van der Waals surface area contributed by atoms with Gasteiger partial charge in [0.1, 0.15) is 0 Å². The van der Waals surface area contributed by atoms with Crippen LogP contribution < -0.4 is 9.47 Å². The molecule has 0 aliphatic carbocycles. The van der Waals surface area contributed by atoms with Crippen molar-refractivity contribution in [3.63, 3.8) is 0 Å². The minimum absolute atomic E-state index is 0.134. The quantitative estimate of drug-likeness (QED) is 0.425. The number of aryl methyl sites for hydroxylation is 1. The van der Waals surface area contributed by atoms with Gasteiger partial charge in [0.05, 0.1) is 12.1 Å². The van der Waals surface area contributed by atoms with Crippen molar-refractivity contribution < 1.29 is 23.8 Å². The lowest BCUT2D eigenvalue weighted by Gasteiger charge is -2.11. The van der Waals surface area contributed by atoms with Gasteiger partial charge in [-0.25, -0.2) is 9.79 Å². The van der Waals surface area contributed by atoms with Gasteiger partial charge < -0.3 is 14.2 Å². The molecule has 3 rings (SSSR count). The molecule has 1 aliphatic heterocycles. The first-order chi connectivity index (χ1) is 13.4. The Morgan fingerprint density at radius 2 is 2.04 bits per heavy atom. The molecule has 0 saturated heterocycles. The number of cyclic esters (lactones) is 1. The molecule has 7 heteroatoms. The summed E-state index contributed by atoms with van der Waals surface area (Å²) in [7, 11) is 1.43. The van der Waals surface area contributed by atoms with Crippen molar-refractivity contribution in [2.24, 2.45) is 4.99 Å². The van der Waals surface area contributed by atoms with Gasteiger partial charge in [-0.3, -0.25) is 4.79 Å². The third-order valence-corrected chi connectivity index (χ3v) is 4.34. The van der Waals surface area contributed by atoms with Gasteiger partial charge in [0.25, 0.3) is 0 Å². The van der Waals surface area contributed by atoms with Gasteiger partial charge in [0.15, 0.2) is 17.2 Å². The molecule has 0 N–H and O–H groups in total. The van der Waals surface area contributed by atoms with E-state index in [2.05, 4.69) is 4.99 Å². The molecule has 0 unspecified atom stereocenters. The van der Waals surface area contributed by atoms with E-state index >= 15 is 0 Å². The third kappa shape index (κ3) is 4.07. The molecular formula is C21H18ClNO5. The maximum atomic E-state index is 12.2. The van der Waals surface area contributed by atoms with Gasteiger partial charge in [-0.2, -0.15) is 0 Å². The van der Waals surface area contributed by atoms with Crippen molar-refractivity contribution in [3.05, 3.63) is 63.8 Å². The number of carbonyl (C=O) groups excluding carboxylic acids is 2. The summed E-state index contributed by atoms with van der Waals surface area (Å²) in [5.41, 5.74) is 2.38. The van der Waals surface area contributed by atoms with Crippen LogP contribution in [0.1, 0.15) is 30.0 Å². The first-order valence-electron chi connectivity index (χ1n) is 8.59. The lowest BCUT2D eigenvalue weighted by molar-refractivity contribution is -0.134. The molecule has 2 aromatic rings. The highest BCUT2D eigenvalue weighted by Crippen LogP contribution is 2.37. The molecule has 2 aromatic carbocycles. The second kappa shape index (κ2) is 8.27. The highest BCUT2D eigenvalue weighted by molar-refractivity contribution is 6.32. The fourth-order valence-corrected chi connectivity index (χ4v) is 2.86. The summed E-state index contributed by atoms with van der Waals surface area (Å²) in [5.74, 6) is -0.333. The summed E-state index contributed by atoms with van der Waals surface area (Å²) in [4.78, 5) is 28.1. The summed E-state index contributed by atoms with van der Waals surface area (Å²) in [5, 5.41) is 0.183. The van der Waals surface area contributed by atoms with Crippen LogP contribution in [0.5, 0.6) is 11.5 Å². The first-order valence-corrected chi connectivity index (χ1v) is 8.97. The SMILES string of the molecule is CCC(=O)Oc1c(Cl)cc(C=C2N=C(c3ccccc3C)OC2=O)cc1OC. The van der Waals surface area contributed by atoms with Crippen molar-refractivity contribution in [2.45, 2.75) is 20.3 Å². The zero-order valence-electron chi connectivity index (χ0n) is 15.6. The second-order valence-electron chi connectivity index (χ2n) is 6.01. The zero-order valence-corrected chi connectivity index (χ0v) is 16.4. The lowest BCUT2D eigenvalue weighted by Crippen LogP contribution is -2.07. The van der Waals surface area contributed by atoms with Crippen LogP contribution in [0.4, 0.5) is 0 Å². The first kappa shape index (κ1) is 19.6. The number of rotatable bonds is 5. The molecule has 1 heterocycles. The molecule has 0 amide bonds. The van der Waals surface area contributed by atoms with E-state index in [-0.39, 0.29) is 34.5 Å². The van der Waals surface area contributed by atoms with E-state index in [1.165, 1.54) is 13.2 Å². The minimum Gasteiger partial charge on any atom is -0.493 e. The number of esters is 2. The number of hydrogen-bond acceptors (Lipinski definition) is 6.